The average molecular weight is 196 g/mol. The van der Waals surface area contributed by atoms with Gasteiger partial charge in [-0.2, -0.15) is 0 Å². The molecule has 0 unspecified atom stereocenters. The van der Waals surface area contributed by atoms with E-state index in [1.54, 1.807) is 6.07 Å². The van der Waals surface area contributed by atoms with Crippen molar-refractivity contribution in [3.8, 4) is 0 Å². The highest BCUT2D eigenvalue weighted by molar-refractivity contribution is 6.28. The topological polar surface area (TPSA) is 18.1 Å². The minimum absolute atomic E-state index is 0.197. The monoisotopic (exact) mass is 195 g/mol. The summed E-state index contributed by atoms with van der Waals surface area (Å²) in [5, 5.41) is 0.439. The zero-order valence-electron chi connectivity index (χ0n) is 7.27. The fourth-order valence-electron chi connectivity index (χ4n) is 1.31. The highest BCUT2D eigenvalue weighted by Crippen LogP contribution is 2.22. The van der Waals surface area contributed by atoms with E-state index < -0.39 is 0 Å². The first-order valence-corrected chi connectivity index (χ1v) is 4.53. The molecule has 0 saturated heterocycles. The van der Waals surface area contributed by atoms with Crippen LogP contribution in [0.5, 0.6) is 0 Å². The van der Waals surface area contributed by atoms with E-state index in [0.29, 0.717) is 5.22 Å². The predicted octanol–water partition coefficient (Wildman–Crippen LogP) is 3.34. The largest absolute Gasteiger partial charge is 0.448 e. The molecule has 0 aliphatic heterocycles. The molecule has 1 atom stereocenters. The molecule has 2 aromatic heterocycles. The molecule has 0 aromatic carbocycles. The number of hydrogen-bond acceptors (Lipinski definition) is 1. The standard InChI is InChI=1S/C10H10ClNO/c1-8(12-6-2-3-7-12)9-4-5-10(11)13-9/h2-8H,1H3/t8-/m0/s1. The van der Waals surface area contributed by atoms with Gasteiger partial charge < -0.3 is 8.98 Å². The van der Waals surface area contributed by atoms with Crippen molar-refractivity contribution in [2.45, 2.75) is 13.0 Å². The summed E-state index contributed by atoms with van der Waals surface area (Å²) in [6.07, 6.45) is 4.00. The lowest BCUT2D eigenvalue weighted by atomic mass is 10.2. The second-order valence-corrected chi connectivity index (χ2v) is 3.32. The van der Waals surface area contributed by atoms with Crippen LogP contribution < -0.4 is 0 Å². The van der Waals surface area contributed by atoms with Gasteiger partial charge >= 0.3 is 0 Å². The highest BCUT2D eigenvalue weighted by atomic mass is 35.5. The molecule has 0 aliphatic carbocycles. The van der Waals surface area contributed by atoms with Crippen molar-refractivity contribution < 1.29 is 4.42 Å². The molecule has 2 nitrogen and oxygen atoms in total. The van der Waals surface area contributed by atoms with Crippen molar-refractivity contribution in [3.63, 3.8) is 0 Å². The first-order valence-electron chi connectivity index (χ1n) is 4.15. The first kappa shape index (κ1) is 8.45. The molecule has 0 bridgehead atoms. The Labute approximate surface area is 81.7 Å². The molecule has 0 spiro atoms. The van der Waals surface area contributed by atoms with Crippen LogP contribution in [0.4, 0.5) is 0 Å². The van der Waals surface area contributed by atoms with Gasteiger partial charge in [-0.15, -0.1) is 0 Å². The number of aromatic nitrogens is 1. The Kier molecular flexibility index (Phi) is 2.15. The SMILES string of the molecule is C[C@@H](c1ccc(Cl)o1)n1cccc1. The van der Waals surface area contributed by atoms with Gasteiger partial charge in [-0.3, -0.25) is 0 Å². The lowest BCUT2D eigenvalue weighted by Crippen LogP contribution is -2.02. The molecule has 0 fully saturated rings. The minimum Gasteiger partial charge on any atom is -0.448 e. The van der Waals surface area contributed by atoms with Crippen molar-refractivity contribution >= 4 is 11.6 Å². The van der Waals surface area contributed by atoms with Gasteiger partial charge in [-0.25, -0.2) is 0 Å². The summed E-state index contributed by atoms with van der Waals surface area (Å²) in [4.78, 5) is 0. The maximum absolute atomic E-state index is 5.69. The van der Waals surface area contributed by atoms with Crippen LogP contribution in [0.25, 0.3) is 0 Å². The summed E-state index contributed by atoms with van der Waals surface area (Å²) in [6, 6.07) is 7.83. The molecule has 0 saturated carbocycles. The minimum atomic E-state index is 0.197. The molecule has 2 heterocycles. The van der Waals surface area contributed by atoms with E-state index in [9.17, 15) is 0 Å². The van der Waals surface area contributed by atoms with Crippen LogP contribution in [-0.4, -0.2) is 4.57 Å². The number of halogens is 1. The van der Waals surface area contributed by atoms with Crippen LogP contribution in [0.3, 0.4) is 0 Å². The number of hydrogen-bond donors (Lipinski definition) is 0. The Morgan fingerprint density at radius 3 is 2.54 bits per heavy atom. The van der Waals surface area contributed by atoms with Crippen LogP contribution >= 0.6 is 11.6 Å². The summed E-state index contributed by atoms with van der Waals surface area (Å²) in [5.74, 6) is 0.876. The lowest BCUT2D eigenvalue weighted by Gasteiger charge is -2.09. The van der Waals surface area contributed by atoms with Crippen LogP contribution in [-0.2, 0) is 0 Å². The highest BCUT2D eigenvalue weighted by Gasteiger charge is 2.10. The second kappa shape index (κ2) is 3.30. The van der Waals surface area contributed by atoms with Crippen LogP contribution in [0, 0.1) is 0 Å². The number of furan rings is 1. The van der Waals surface area contributed by atoms with Gasteiger partial charge in [0.05, 0.1) is 6.04 Å². The van der Waals surface area contributed by atoms with E-state index in [4.69, 9.17) is 16.0 Å². The van der Waals surface area contributed by atoms with E-state index in [1.165, 1.54) is 0 Å². The van der Waals surface area contributed by atoms with Crippen molar-refractivity contribution in [2.75, 3.05) is 0 Å². The van der Waals surface area contributed by atoms with Gasteiger partial charge in [-0.1, -0.05) is 0 Å². The van der Waals surface area contributed by atoms with Crippen molar-refractivity contribution in [3.05, 3.63) is 47.6 Å². The molecule has 13 heavy (non-hydrogen) atoms. The third-order valence-electron chi connectivity index (χ3n) is 2.08. The molecule has 3 heteroatoms. The fourth-order valence-corrected chi connectivity index (χ4v) is 1.46. The molecule has 2 rings (SSSR count). The van der Waals surface area contributed by atoms with E-state index in [-0.39, 0.29) is 6.04 Å². The molecule has 2 aromatic rings. The zero-order valence-corrected chi connectivity index (χ0v) is 8.03. The van der Waals surface area contributed by atoms with Gasteiger partial charge in [0, 0.05) is 12.4 Å². The van der Waals surface area contributed by atoms with Gasteiger partial charge in [0.1, 0.15) is 5.76 Å². The maximum atomic E-state index is 5.69. The summed E-state index contributed by atoms with van der Waals surface area (Å²) in [5.41, 5.74) is 0. The van der Waals surface area contributed by atoms with Crippen LogP contribution in [0.1, 0.15) is 18.7 Å². The van der Waals surface area contributed by atoms with Gasteiger partial charge in [-0.05, 0) is 42.8 Å². The van der Waals surface area contributed by atoms with E-state index in [1.807, 2.05) is 30.6 Å². The summed E-state index contributed by atoms with van der Waals surface area (Å²) < 4.78 is 7.38. The molecule has 0 amide bonds. The zero-order chi connectivity index (χ0) is 9.26. The Balaban J connectivity index is 2.28. The summed E-state index contributed by atoms with van der Waals surface area (Å²) in [7, 11) is 0. The summed E-state index contributed by atoms with van der Waals surface area (Å²) >= 11 is 5.69. The van der Waals surface area contributed by atoms with E-state index in [0.717, 1.165) is 5.76 Å². The molecular weight excluding hydrogens is 186 g/mol. The van der Waals surface area contributed by atoms with Crippen molar-refractivity contribution in [2.24, 2.45) is 0 Å². The predicted molar refractivity (Wildman–Crippen MR) is 52.0 cm³/mol. The van der Waals surface area contributed by atoms with E-state index in [2.05, 4.69) is 11.5 Å². The first-order chi connectivity index (χ1) is 6.27. The smallest absolute Gasteiger partial charge is 0.193 e. The molecular formula is C10H10ClNO. The average Bonchev–Trinajstić information content (AvgIpc) is 2.72. The quantitative estimate of drug-likeness (QED) is 0.719. The Hall–Kier alpha value is -1.15. The number of rotatable bonds is 2. The maximum Gasteiger partial charge on any atom is 0.193 e. The fraction of sp³-hybridized carbons (Fsp3) is 0.200. The number of nitrogens with zero attached hydrogens (tertiary/aromatic N) is 1. The normalized spacial score (nSPS) is 13.1. The molecule has 0 aliphatic rings. The van der Waals surface area contributed by atoms with Crippen molar-refractivity contribution in [1.82, 2.24) is 4.57 Å². The van der Waals surface area contributed by atoms with Crippen molar-refractivity contribution in [1.29, 1.82) is 0 Å². The third-order valence-corrected chi connectivity index (χ3v) is 2.28. The molecule has 0 radical (unpaired) electrons. The molecule has 0 N–H and O–H groups in total. The Morgan fingerprint density at radius 2 is 2.00 bits per heavy atom. The Morgan fingerprint density at radius 1 is 1.31 bits per heavy atom. The molecule has 68 valence electrons. The lowest BCUT2D eigenvalue weighted by molar-refractivity contribution is 0.448. The van der Waals surface area contributed by atoms with Gasteiger partial charge in [0.15, 0.2) is 5.22 Å². The Bertz CT molecular complexity index is 377. The third kappa shape index (κ3) is 1.63. The van der Waals surface area contributed by atoms with E-state index >= 15 is 0 Å². The van der Waals surface area contributed by atoms with Gasteiger partial charge in [0.2, 0.25) is 0 Å². The van der Waals surface area contributed by atoms with Crippen LogP contribution in [0.2, 0.25) is 5.22 Å². The summed E-state index contributed by atoms with van der Waals surface area (Å²) in [6.45, 7) is 2.06. The van der Waals surface area contributed by atoms with Gasteiger partial charge in [0.25, 0.3) is 0 Å². The van der Waals surface area contributed by atoms with Crippen LogP contribution in [0.15, 0.2) is 41.1 Å². The second-order valence-electron chi connectivity index (χ2n) is 2.95.